The molecule has 1 aliphatic rings. The molecule has 2 aromatic carbocycles. The molecular weight excluding hydrogens is 311 g/mol. The summed E-state index contributed by atoms with van der Waals surface area (Å²) in [5, 5.41) is 2.80. The van der Waals surface area contributed by atoms with Crippen LogP contribution in [0.5, 0.6) is 5.75 Å². The Kier molecular flexibility index (Phi) is 4.46. The number of hydrogen-bond acceptors (Lipinski definition) is 3. The highest BCUT2D eigenvalue weighted by atomic mass is 19.1. The minimum absolute atomic E-state index is 0.135. The van der Waals surface area contributed by atoms with Crippen molar-refractivity contribution < 1.29 is 18.7 Å². The van der Waals surface area contributed by atoms with E-state index in [0.29, 0.717) is 17.1 Å². The molecule has 1 aliphatic heterocycles. The quantitative estimate of drug-likeness (QED) is 0.942. The second-order valence-corrected chi connectivity index (χ2v) is 5.62. The maximum absolute atomic E-state index is 12.9. The van der Waals surface area contributed by atoms with Gasteiger partial charge in [-0.1, -0.05) is 12.1 Å². The van der Waals surface area contributed by atoms with E-state index in [1.165, 1.54) is 24.3 Å². The van der Waals surface area contributed by atoms with E-state index in [2.05, 4.69) is 5.32 Å². The third-order valence-electron chi connectivity index (χ3n) is 3.80. The molecule has 2 aromatic rings. The summed E-state index contributed by atoms with van der Waals surface area (Å²) < 4.78 is 18.3. The molecule has 24 heavy (non-hydrogen) atoms. The Morgan fingerprint density at radius 1 is 1.25 bits per heavy atom. The first kappa shape index (κ1) is 16.0. The van der Waals surface area contributed by atoms with Gasteiger partial charge in [-0.15, -0.1) is 0 Å². The summed E-state index contributed by atoms with van der Waals surface area (Å²) in [5.41, 5.74) is 1.24. The summed E-state index contributed by atoms with van der Waals surface area (Å²) in [4.78, 5) is 26.1. The van der Waals surface area contributed by atoms with Gasteiger partial charge in [0, 0.05) is 12.5 Å². The molecule has 0 fully saturated rings. The van der Waals surface area contributed by atoms with Crippen LogP contribution in [0.4, 0.5) is 15.8 Å². The van der Waals surface area contributed by atoms with E-state index < -0.39 is 0 Å². The van der Waals surface area contributed by atoms with Gasteiger partial charge < -0.3 is 15.0 Å². The lowest BCUT2D eigenvalue weighted by Crippen LogP contribution is -2.41. The van der Waals surface area contributed by atoms with Gasteiger partial charge in [0.1, 0.15) is 11.6 Å². The van der Waals surface area contributed by atoms with Crippen LogP contribution in [0.15, 0.2) is 48.5 Å². The molecule has 5 nitrogen and oxygen atoms in total. The first-order valence-electron chi connectivity index (χ1n) is 7.64. The minimum Gasteiger partial charge on any atom is -0.484 e. The van der Waals surface area contributed by atoms with Gasteiger partial charge in [-0.05, 0) is 43.3 Å². The first-order valence-corrected chi connectivity index (χ1v) is 7.64. The van der Waals surface area contributed by atoms with Gasteiger partial charge in [-0.2, -0.15) is 0 Å². The number of rotatable bonds is 3. The molecular formula is C18H17FN2O3. The topological polar surface area (TPSA) is 58.6 Å². The van der Waals surface area contributed by atoms with Crippen LogP contribution in [0.2, 0.25) is 0 Å². The minimum atomic E-state index is -0.367. The SMILES string of the molecule is C[C@H]1CC(=O)Nc2ccccc2N1C(=O)COc1ccc(F)cc1. The number of nitrogens with zero attached hydrogens (tertiary/aromatic N) is 1. The van der Waals surface area contributed by atoms with Crippen LogP contribution >= 0.6 is 0 Å². The van der Waals surface area contributed by atoms with Crippen molar-refractivity contribution in [3.63, 3.8) is 0 Å². The second kappa shape index (κ2) is 6.70. The van der Waals surface area contributed by atoms with Crippen molar-refractivity contribution in [2.75, 3.05) is 16.8 Å². The van der Waals surface area contributed by atoms with E-state index in [1.807, 2.05) is 13.0 Å². The standard InChI is InChI=1S/C18H17FN2O3/c1-12-10-17(22)20-15-4-2-3-5-16(15)21(12)18(23)11-24-14-8-6-13(19)7-9-14/h2-9,12H,10-11H2,1H3,(H,20,22)/t12-/m0/s1. The smallest absolute Gasteiger partial charge is 0.265 e. The third kappa shape index (κ3) is 3.37. The number of hydrogen-bond donors (Lipinski definition) is 1. The largest absolute Gasteiger partial charge is 0.484 e. The molecule has 0 aliphatic carbocycles. The predicted molar refractivity (Wildman–Crippen MR) is 88.5 cm³/mol. The van der Waals surface area contributed by atoms with Gasteiger partial charge in [-0.25, -0.2) is 4.39 Å². The summed E-state index contributed by atoms with van der Waals surface area (Å²) in [6, 6.07) is 12.3. The molecule has 0 unspecified atom stereocenters. The Morgan fingerprint density at radius 2 is 1.96 bits per heavy atom. The van der Waals surface area contributed by atoms with E-state index in [-0.39, 0.29) is 36.7 Å². The van der Waals surface area contributed by atoms with Crippen LogP contribution in [-0.4, -0.2) is 24.5 Å². The fourth-order valence-electron chi connectivity index (χ4n) is 2.71. The summed E-state index contributed by atoms with van der Waals surface area (Å²) in [5.74, 6) is -0.358. The highest BCUT2D eigenvalue weighted by Gasteiger charge is 2.29. The van der Waals surface area contributed by atoms with Crippen LogP contribution < -0.4 is 15.0 Å². The molecule has 0 radical (unpaired) electrons. The predicted octanol–water partition coefficient (Wildman–Crippen LogP) is 2.97. The molecule has 0 saturated carbocycles. The van der Waals surface area contributed by atoms with Crippen molar-refractivity contribution in [1.82, 2.24) is 0 Å². The number of anilines is 2. The first-order chi connectivity index (χ1) is 11.5. The Labute approximate surface area is 139 Å². The molecule has 1 atom stereocenters. The van der Waals surface area contributed by atoms with Crippen molar-refractivity contribution in [3.05, 3.63) is 54.3 Å². The number of fused-ring (bicyclic) bond motifs is 1. The van der Waals surface area contributed by atoms with E-state index in [4.69, 9.17) is 4.74 Å². The summed E-state index contributed by atoms with van der Waals surface area (Å²) in [7, 11) is 0. The summed E-state index contributed by atoms with van der Waals surface area (Å²) >= 11 is 0. The lowest BCUT2D eigenvalue weighted by atomic mass is 10.1. The average Bonchev–Trinajstić information content (AvgIpc) is 2.68. The van der Waals surface area contributed by atoms with Crippen LogP contribution in [0.1, 0.15) is 13.3 Å². The van der Waals surface area contributed by atoms with Crippen molar-refractivity contribution in [2.24, 2.45) is 0 Å². The fourth-order valence-corrected chi connectivity index (χ4v) is 2.71. The van der Waals surface area contributed by atoms with Gasteiger partial charge in [0.05, 0.1) is 11.4 Å². The van der Waals surface area contributed by atoms with E-state index in [9.17, 15) is 14.0 Å². The number of amides is 2. The third-order valence-corrected chi connectivity index (χ3v) is 3.80. The Bertz CT molecular complexity index is 761. The molecule has 6 heteroatoms. The van der Waals surface area contributed by atoms with Crippen LogP contribution in [0.3, 0.4) is 0 Å². The number of ether oxygens (including phenoxy) is 1. The van der Waals surface area contributed by atoms with E-state index >= 15 is 0 Å². The van der Waals surface area contributed by atoms with Gasteiger partial charge in [0.2, 0.25) is 5.91 Å². The zero-order valence-electron chi connectivity index (χ0n) is 13.2. The number of carbonyl (C=O) groups excluding carboxylic acids is 2. The Morgan fingerprint density at radius 3 is 2.71 bits per heavy atom. The molecule has 124 valence electrons. The van der Waals surface area contributed by atoms with Crippen molar-refractivity contribution >= 4 is 23.2 Å². The van der Waals surface area contributed by atoms with Crippen molar-refractivity contribution in [1.29, 1.82) is 0 Å². The fraction of sp³-hybridized carbons (Fsp3) is 0.222. The van der Waals surface area contributed by atoms with Crippen molar-refractivity contribution in [2.45, 2.75) is 19.4 Å². The zero-order chi connectivity index (χ0) is 17.1. The molecule has 3 rings (SSSR count). The highest BCUT2D eigenvalue weighted by Crippen LogP contribution is 2.31. The number of halogens is 1. The molecule has 0 bridgehead atoms. The molecule has 2 amide bonds. The highest BCUT2D eigenvalue weighted by molar-refractivity contribution is 6.04. The molecule has 1 N–H and O–H groups in total. The monoisotopic (exact) mass is 328 g/mol. The molecule has 0 aromatic heterocycles. The number of nitrogens with one attached hydrogen (secondary N) is 1. The second-order valence-electron chi connectivity index (χ2n) is 5.62. The van der Waals surface area contributed by atoms with E-state index in [1.54, 1.807) is 23.1 Å². The summed E-state index contributed by atoms with van der Waals surface area (Å²) in [6.45, 7) is 1.62. The lowest BCUT2D eigenvalue weighted by Gasteiger charge is -2.27. The van der Waals surface area contributed by atoms with Gasteiger partial charge >= 0.3 is 0 Å². The Hall–Kier alpha value is -2.89. The maximum Gasteiger partial charge on any atom is 0.265 e. The number of benzene rings is 2. The maximum atomic E-state index is 12.9. The summed E-state index contributed by atoms with van der Waals surface area (Å²) in [6.07, 6.45) is 0.205. The average molecular weight is 328 g/mol. The van der Waals surface area contributed by atoms with Gasteiger partial charge in [-0.3, -0.25) is 9.59 Å². The van der Waals surface area contributed by atoms with Crippen molar-refractivity contribution in [3.8, 4) is 5.75 Å². The molecule has 0 saturated heterocycles. The number of para-hydroxylation sites is 2. The van der Waals surface area contributed by atoms with E-state index in [0.717, 1.165) is 0 Å². The number of carbonyl (C=O) groups is 2. The Balaban J connectivity index is 1.79. The molecule has 0 spiro atoms. The normalized spacial score (nSPS) is 16.8. The van der Waals surface area contributed by atoms with Crippen LogP contribution in [0, 0.1) is 5.82 Å². The molecule has 1 heterocycles. The lowest BCUT2D eigenvalue weighted by molar-refractivity contribution is -0.121. The van der Waals surface area contributed by atoms with Gasteiger partial charge in [0.15, 0.2) is 6.61 Å². The van der Waals surface area contributed by atoms with Crippen LogP contribution in [-0.2, 0) is 9.59 Å². The van der Waals surface area contributed by atoms with Crippen LogP contribution in [0.25, 0.3) is 0 Å². The zero-order valence-corrected chi connectivity index (χ0v) is 13.2. The van der Waals surface area contributed by atoms with Gasteiger partial charge in [0.25, 0.3) is 5.91 Å².